The Hall–Kier alpha value is -2.28. The van der Waals surface area contributed by atoms with E-state index < -0.39 is 5.76 Å². The Balaban J connectivity index is 2.02. The molecule has 0 spiro atoms. The molecule has 3 rings (SSSR count). The van der Waals surface area contributed by atoms with Crippen LogP contribution in [0.25, 0.3) is 11.4 Å². The molecule has 0 bridgehead atoms. The number of hydrogen-bond acceptors (Lipinski definition) is 6. The average Bonchev–Trinajstić information content (AvgIpc) is 2.96. The minimum Gasteiger partial charge on any atom is -0.295 e. The molecule has 3 heterocycles. The molecule has 0 radical (unpaired) electrons. The molecule has 0 saturated heterocycles. The van der Waals surface area contributed by atoms with Gasteiger partial charge in [-0.25, -0.2) is 14.3 Å². The fraction of sp³-hybridized carbons (Fsp3) is 0.231. The van der Waals surface area contributed by atoms with E-state index in [1.54, 1.807) is 29.8 Å². The maximum absolute atomic E-state index is 11.8. The highest BCUT2D eigenvalue weighted by Gasteiger charge is 2.15. The fourth-order valence-electron chi connectivity index (χ4n) is 1.85. The molecule has 7 heteroatoms. The molecule has 0 amide bonds. The predicted octanol–water partition coefficient (Wildman–Crippen LogP) is 2.02. The average molecular weight is 288 g/mol. The number of nitrogens with zero attached hydrogens (tertiary/aromatic N) is 4. The van der Waals surface area contributed by atoms with E-state index >= 15 is 0 Å². The van der Waals surface area contributed by atoms with E-state index in [0.717, 1.165) is 21.1 Å². The SMILES string of the molecule is Cc1nc(Cn2c(-c3cccnc3)noc2=O)sc1C. The van der Waals surface area contributed by atoms with Gasteiger partial charge >= 0.3 is 5.76 Å². The maximum Gasteiger partial charge on any atom is 0.442 e. The van der Waals surface area contributed by atoms with Crippen molar-refractivity contribution < 1.29 is 4.52 Å². The fourth-order valence-corrected chi connectivity index (χ4v) is 2.78. The van der Waals surface area contributed by atoms with Crippen molar-refractivity contribution in [3.05, 3.63) is 50.7 Å². The van der Waals surface area contributed by atoms with Crippen LogP contribution in [0.4, 0.5) is 0 Å². The highest BCUT2D eigenvalue weighted by atomic mass is 32.1. The first-order valence-electron chi connectivity index (χ1n) is 6.05. The van der Waals surface area contributed by atoms with Crippen molar-refractivity contribution in [2.75, 3.05) is 0 Å². The van der Waals surface area contributed by atoms with Gasteiger partial charge in [0.25, 0.3) is 0 Å². The van der Waals surface area contributed by atoms with E-state index in [0.29, 0.717) is 12.4 Å². The summed E-state index contributed by atoms with van der Waals surface area (Å²) in [7, 11) is 0. The molecule has 3 aromatic heterocycles. The Morgan fingerprint density at radius 3 is 2.90 bits per heavy atom. The van der Waals surface area contributed by atoms with Gasteiger partial charge in [-0.2, -0.15) is 0 Å². The molecular formula is C13H12N4O2S. The van der Waals surface area contributed by atoms with Gasteiger partial charge in [-0.05, 0) is 26.0 Å². The lowest BCUT2D eigenvalue weighted by molar-refractivity contribution is 0.378. The molecule has 0 saturated carbocycles. The highest BCUT2D eigenvalue weighted by Crippen LogP contribution is 2.20. The molecule has 0 aliphatic heterocycles. The lowest BCUT2D eigenvalue weighted by Crippen LogP contribution is -2.16. The summed E-state index contributed by atoms with van der Waals surface area (Å²) in [6.45, 7) is 4.31. The molecule has 0 N–H and O–H groups in total. The second-order valence-corrected chi connectivity index (χ2v) is 5.64. The summed E-state index contributed by atoms with van der Waals surface area (Å²) in [4.78, 5) is 21.4. The van der Waals surface area contributed by atoms with E-state index in [2.05, 4.69) is 15.1 Å². The van der Waals surface area contributed by atoms with Crippen molar-refractivity contribution in [3.8, 4) is 11.4 Å². The Labute approximate surface area is 118 Å². The molecule has 0 aromatic carbocycles. The topological polar surface area (TPSA) is 73.8 Å². The Morgan fingerprint density at radius 1 is 1.40 bits per heavy atom. The normalized spacial score (nSPS) is 10.9. The number of thiazole rings is 1. The summed E-state index contributed by atoms with van der Waals surface area (Å²) < 4.78 is 6.23. The van der Waals surface area contributed by atoms with Crippen LogP contribution >= 0.6 is 11.3 Å². The minimum absolute atomic E-state index is 0.353. The second kappa shape index (κ2) is 5.01. The van der Waals surface area contributed by atoms with Gasteiger partial charge in [0.2, 0.25) is 0 Å². The van der Waals surface area contributed by atoms with Crippen molar-refractivity contribution in [1.29, 1.82) is 0 Å². The number of hydrogen-bond donors (Lipinski definition) is 0. The highest BCUT2D eigenvalue weighted by molar-refractivity contribution is 7.11. The third-order valence-electron chi connectivity index (χ3n) is 2.97. The van der Waals surface area contributed by atoms with Crippen molar-refractivity contribution in [3.63, 3.8) is 0 Å². The van der Waals surface area contributed by atoms with Crippen molar-refractivity contribution in [2.45, 2.75) is 20.4 Å². The zero-order chi connectivity index (χ0) is 14.1. The van der Waals surface area contributed by atoms with E-state index in [9.17, 15) is 4.79 Å². The van der Waals surface area contributed by atoms with Crippen LogP contribution in [0.3, 0.4) is 0 Å². The third kappa shape index (κ3) is 2.27. The Kier molecular flexibility index (Phi) is 3.19. The molecule has 0 fully saturated rings. The molecule has 6 nitrogen and oxygen atoms in total. The summed E-state index contributed by atoms with van der Waals surface area (Å²) in [6, 6.07) is 3.62. The van der Waals surface area contributed by atoms with Crippen LogP contribution in [0.2, 0.25) is 0 Å². The van der Waals surface area contributed by atoms with Crippen LogP contribution in [-0.2, 0) is 6.54 Å². The van der Waals surface area contributed by atoms with Crippen LogP contribution in [0, 0.1) is 13.8 Å². The summed E-state index contributed by atoms with van der Waals surface area (Å²) in [5.74, 6) is -0.0250. The maximum atomic E-state index is 11.8. The zero-order valence-corrected chi connectivity index (χ0v) is 11.8. The number of aryl methyl sites for hydroxylation is 2. The minimum atomic E-state index is -0.491. The molecule has 102 valence electrons. The number of pyridine rings is 1. The summed E-state index contributed by atoms with van der Waals surface area (Å²) in [5, 5.41) is 4.68. The van der Waals surface area contributed by atoms with Crippen molar-refractivity contribution >= 4 is 11.3 Å². The first-order chi connectivity index (χ1) is 9.65. The summed E-state index contributed by atoms with van der Waals surface area (Å²) in [6.07, 6.45) is 3.31. The van der Waals surface area contributed by atoms with E-state index in [4.69, 9.17) is 4.52 Å². The van der Waals surface area contributed by atoms with E-state index in [1.807, 2.05) is 19.9 Å². The smallest absolute Gasteiger partial charge is 0.295 e. The van der Waals surface area contributed by atoms with Crippen LogP contribution < -0.4 is 5.76 Å². The predicted molar refractivity (Wildman–Crippen MR) is 74.7 cm³/mol. The van der Waals surface area contributed by atoms with Gasteiger partial charge in [0.05, 0.1) is 12.2 Å². The molecule has 3 aromatic rings. The summed E-state index contributed by atoms with van der Waals surface area (Å²) >= 11 is 1.57. The lowest BCUT2D eigenvalue weighted by Gasteiger charge is -2.01. The molecule has 0 aliphatic rings. The first kappa shape index (κ1) is 12.7. The van der Waals surface area contributed by atoms with Crippen LogP contribution in [-0.4, -0.2) is 19.7 Å². The molecule has 0 unspecified atom stereocenters. The zero-order valence-electron chi connectivity index (χ0n) is 11.0. The van der Waals surface area contributed by atoms with E-state index in [1.165, 1.54) is 4.57 Å². The molecular weight excluding hydrogens is 276 g/mol. The summed E-state index contributed by atoms with van der Waals surface area (Å²) in [5.41, 5.74) is 1.72. The van der Waals surface area contributed by atoms with Crippen LogP contribution in [0.15, 0.2) is 33.8 Å². The largest absolute Gasteiger partial charge is 0.442 e. The number of aromatic nitrogens is 4. The monoisotopic (exact) mass is 288 g/mol. The molecule has 0 aliphatic carbocycles. The van der Waals surface area contributed by atoms with Gasteiger partial charge in [0.15, 0.2) is 5.82 Å². The Morgan fingerprint density at radius 2 is 2.25 bits per heavy atom. The van der Waals surface area contributed by atoms with Gasteiger partial charge in [-0.1, -0.05) is 5.16 Å². The van der Waals surface area contributed by atoms with Gasteiger partial charge < -0.3 is 0 Å². The second-order valence-electron chi connectivity index (χ2n) is 4.35. The van der Waals surface area contributed by atoms with Gasteiger partial charge in [0.1, 0.15) is 5.01 Å². The van der Waals surface area contributed by atoms with Gasteiger partial charge in [-0.3, -0.25) is 9.51 Å². The van der Waals surface area contributed by atoms with Crippen molar-refractivity contribution in [2.24, 2.45) is 0 Å². The van der Waals surface area contributed by atoms with Crippen LogP contribution in [0.1, 0.15) is 15.6 Å². The van der Waals surface area contributed by atoms with Gasteiger partial charge in [-0.15, -0.1) is 11.3 Å². The Bertz CT molecular complexity index is 769. The third-order valence-corrected chi connectivity index (χ3v) is 4.03. The van der Waals surface area contributed by atoms with Gasteiger partial charge in [0, 0.05) is 22.8 Å². The van der Waals surface area contributed by atoms with Crippen molar-refractivity contribution in [1.82, 2.24) is 19.7 Å². The van der Waals surface area contributed by atoms with E-state index in [-0.39, 0.29) is 0 Å². The standard InChI is InChI=1S/C13H12N4O2S/c1-8-9(2)20-11(15-8)7-17-12(16-19-13(17)18)10-4-3-5-14-6-10/h3-6H,7H2,1-2H3. The number of rotatable bonds is 3. The quantitative estimate of drug-likeness (QED) is 0.737. The van der Waals surface area contributed by atoms with Crippen LogP contribution in [0.5, 0.6) is 0 Å². The lowest BCUT2D eigenvalue weighted by atomic mass is 10.3. The first-order valence-corrected chi connectivity index (χ1v) is 6.86. The molecule has 20 heavy (non-hydrogen) atoms. The molecule has 0 atom stereocenters.